The summed E-state index contributed by atoms with van der Waals surface area (Å²) in [4.78, 5) is 0. The number of rotatable bonds is 2. The van der Waals surface area contributed by atoms with E-state index >= 15 is 0 Å². The maximum Gasteiger partial charge on any atom is 0.137 e. The van der Waals surface area contributed by atoms with E-state index in [0.717, 1.165) is 12.1 Å². The Kier molecular flexibility index (Phi) is 3.29. The zero-order valence-electron chi connectivity index (χ0n) is 9.01. The molecule has 0 spiro atoms. The largest absolute Gasteiger partial charge is 0.497 e. The number of methoxy groups -OCH3 is 1. The fraction of sp³-hybridized carbons (Fsp3) is 0.0769. The third kappa shape index (κ3) is 2.39. The second-order valence-corrected chi connectivity index (χ2v) is 3.91. The maximum atomic E-state index is 13.7. The van der Waals surface area contributed by atoms with E-state index in [9.17, 15) is 8.78 Å². The van der Waals surface area contributed by atoms with E-state index in [1.165, 1.54) is 7.11 Å². The second kappa shape index (κ2) is 4.72. The van der Waals surface area contributed by atoms with Crippen LogP contribution in [0.5, 0.6) is 5.75 Å². The fourth-order valence-corrected chi connectivity index (χ4v) is 1.69. The molecule has 0 heterocycles. The highest BCUT2D eigenvalue weighted by Gasteiger charge is 2.13. The zero-order valence-corrected chi connectivity index (χ0v) is 9.76. The molecule has 0 radical (unpaired) electrons. The van der Waals surface area contributed by atoms with Crippen molar-refractivity contribution < 1.29 is 13.5 Å². The Labute approximate surface area is 103 Å². The smallest absolute Gasteiger partial charge is 0.137 e. The van der Waals surface area contributed by atoms with Gasteiger partial charge in [-0.3, -0.25) is 0 Å². The van der Waals surface area contributed by atoms with E-state index < -0.39 is 11.6 Å². The molecule has 2 aromatic carbocycles. The topological polar surface area (TPSA) is 9.23 Å². The van der Waals surface area contributed by atoms with Crippen LogP contribution in [0, 0.1) is 11.6 Å². The van der Waals surface area contributed by atoms with E-state index in [1.807, 2.05) is 0 Å². The lowest BCUT2D eigenvalue weighted by Crippen LogP contribution is -1.93. The van der Waals surface area contributed by atoms with Gasteiger partial charge in [-0.1, -0.05) is 23.7 Å². The van der Waals surface area contributed by atoms with E-state index in [4.69, 9.17) is 16.3 Å². The van der Waals surface area contributed by atoms with Crippen molar-refractivity contribution in [1.82, 2.24) is 0 Å². The van der Waals surface area contributed by atoms with Gasteiger partial charge in [-0.25, -0.2) is 8.78 Å². The highest BCUT2D eigenvalue weighted by Crippen LogP contribution is 2.30. The molecule has 17 heavy (non-hydrogen) atoms. The summed E-state index contributed by atoms with van der Waals surface area (Å²) in [6.07, 6.45) is 0. The Morgan fingerprint density at radius 1 is 1.00 bits per heavy atom. The normalized spacial score (nSPS) is 10.4. The Morgan fingerprint density at radius 3 is 2.00 bits per heavy atom. The van der Waals surface area contributed by atoms with Crippen molar-refractivity contribution in [2.45, 2.75) is 0 Å². The van der Waals surface area contributed by atoms with Crippen molar-refractivity contribution >= 4 is 11.6 Å². The highest BCUT2D eigenvalue weighted by molar-refractivity contribution is 6.30. The molecule has 2 aromatic rings. The van der Waals surface area contributed by atoms with Crippen LogP contribution >= 0.6 is 11.6 Å². The molecule has 0 saturated carbocycles. The quantitative estimate of drug-likeness (QED) is 0.777. The van der Waals surface area contributed by atoms with Gasteiger partial charge in [-0.15, -0.1) is 0 Å². The third-order valence-corrected chi connectivity index (χ3v) is 2.64. The van der Waals surface area contributed by atoms with Crippen LogP contribution in [0.15, 0.2) is 36.4 Å². The van der Waals surface area contributed by atoms with Crippen LogP contribution in [-0.4, -0.2) is 7.11 Å². The van der Waals surface area contributed by atoms with Crippen molar-refractivity contribution in [3.8, 4) is 16.9 Å². The molecule has 1 nitrogen and oxygen atoms in total. The predicted molar refractivity (Wildman–Crippen MR) is 63.4 cm³/mol. The Morgan fingerprint density at radius 2 is 1.53 bits per heavy atom. The van der Waals surface area contributed by atoms with Gasteiger partial charge in [0.2, 0.25) is 0 Å². The summed E-state index contributed by atoms with van der Waals surface area (Å²) < 4.78 is 32.2. The van der Waals surface area contributed by atoms with E-state index in [2.05, 4.69) is 0 Å². The Bertz CT molecular complexity index is 515. The average Bonchev–Trinajstić information content (AvgIpc) is 2.30. The number of hydrogen-bond donors (Lipinski definition) is 0. The second-order valence-electron chi connectivity index (χ2n) is 3.47. The molecule has 0 fully saturated rings. The molecule has 2 rings (SSSR count). The zero-order chi connectivity index (χ0) is 12.4. The fourth-order valence-electron chi connectivity index (χ4n) is 1.56. The molecule has 0 aliphatic rings. The van der Waals surface area contributed by atoms with Gasteiger partial charge >= 0.3 is 0 Å². The summed E-state index contributed by atoms with van der Waals surface area (Å²) in [5, 5.41) is 0.517. The van der Waals surface area contributed by atoms with Crippen LogP contribution in [-0.2, 0) is 0 Å². The minimum Gasteiger partial charge on any atom is -0.497 e. The van der Waals surface area contributed by atoms with E-state index in [0.29, 0.717) is 10.6 Å². The minimum absolute atomic E-state index is 0.0810. The first-order valence-electron chi connectivity index (χ1n) is 4.91. The van der Waals surface area contributed by atoms with Crippen molar-refractivity contribution in [1.29, 1.82) is 0 Å². The molecule has 0 amide bonds. The minimum atomic E-state index is -0.663. The molecule has 0 aliphatic carbocycles. The van der Waals surface area contributed by atoms with Crippen LogP contribution in [0.2, 0.25) is 5.02 Å². The van der Waals surface area contributed by atoms with Gasteiger partial charge in [-0.2, -0.15) is 0 Å². The summed E-state index contributed by atoms with van der Waals surface area (Å²) in [7, 11) is 1.36. The third-order valence-electron chi connectivity index (χ3n) is 2.38. The van der Waals surface area contributed by atoms with Gasteiger partial charge in [-0.05, 0) is 17.7 Å². The molecular formula is C13H9ClF2O. The van der Waals surface area contributed by atoms with E-state index in [1.54, 1.807) is 24.3 Å². The molecule has 4 heteroatoms. The number of ether oxygens (including phenoxy) is 1. The molecule has 0 saturated heterocycles. The molecule has 0 aromatic heterocycles. The molecule has 0 bridgehead atoms. The average molecular weight is 255 g/mol. The lowest BCUT2D eigenvalue weighted by molar-refractivity contribution is 0.407. The number of benzene rings is 2. The first-order chi connectivity index (χ1) is 8.11. The standard InChI is InChI=1S/C13H9ClF2O/c1-17-10-6-11(15)13(12(16)7-10)8-2-4-9(14)5-3-8/h2-7H,1H3. The number of halogens is 3. The lowest BCUT2D eigenvalue weighted by atomic mass is 10.0. The molecule has 0 N–H and O–H groups in total. The summed E-state index contributed by atoms with van der Waals surface area (Å²) in [5.41, 5.74) is 0.356. The molecular weight excluding hydrogens is 246 g/mol. The van der Waals surface area contributed by atoms with Crippen LogP contribution in [0.3, 0.4) is 0 Å². The van der Waals surface area contributed by atoms with Crippen molar-refractivity contribution in [3.63, 3.8) is 0 Å². The summed E-state index contributed by atoms with van der Waals surface area (Å²) in [6, 6.07) is 8.59. The molecule has 0 atom stereocenters. The van der Waals surface area contributed by atoms with Gasteiger partial charge in [0.1, 0.15) is 17.4 Å². The van der Waals surface area contributed by atoms with Gasteiger partial charge in [0.15, 0.2) is 0 Å². The SMILES string of the molecule is COc1cc(F)c(-c2ccc(Cl)cc2)c(F)c1. The van der Waals surface area contributed by atoms with Gasteiger partial charge in [0.25, 0.3) is 0 Å². The molecule has 0 aliphatic heterocycles. The maximum absolute atomic E-state index is 13.7. The lowest BCUT2D eigenvalue weighted by Gasteiger charge is -2.07. The monoisotopic (exact) mass is 254 g/mol. The van der Waals surface area contributed by atoms with Crippen LogP contribution in [0.25, 0.3) is 11.1 Å². The molecule has 88 valence electrons. The Hall–Kier alpha value is -1.61. The first-order valence-corrected chi connectivity index (χ1v) is 5.28. The van der Waals surface area contributed by atoms with Crippen LogP contribution < -0.4 is 4.74 Å². The first kappa shape index (κ1) is 11.9. The summed E-state index contributed by atoms with van der Waals surface area (Å²) >= 11 is 5.72. The predicted octanol–water partition coefficient (Wildman–Crippen LogP) is 4.29. The van der Waals surface area contributed by atoms with E-state index in [-0.39, 0.29) is 11.3 Å². The highest BCUT2D eigenvalue weighted by atomic mass is 35.5. The summed E-state index contributed by atoms with van der Waals surface area (Å²) in [5.74, 6) is -1.17. The summed E-state index contributed by atoms with van der Waals surface area (Å²) in [6.45, 7) is 0. The van der Waals surface area contributed by atoms with Crippen LogP contribution in [0.4, 0.5) is 8.78 Å². The van der Waals surface area contributed by atoms with Crippen molar-refractivity contribution in [2.75, 3.05) is 7.11 Å². The van der Waals surface area contributed by atoms with Crippen molar-refractivity contribution in [2.24, 2.45) is 0 Å². The van der Waals surface area contributed by atoms with Crippen LogP contribution in [0.1, 0.15) is 0 Å². The van der Waals surface area contributed by atoms with Gasteiger partial charge < -0.3 is 4.74 Å². The Balaban J connectivity index is 2.55. The van der Waals surface area contributed by atoms with Crippen molar-refractivity contribution in [3.05, 3.63) is 53.1 Å². The number of hydrogen-bond acceptors (Lipinski definition) is 1. The van der Waals surface area contributed by atoms with Gasteiger partial charge in [0.05, 0.1) is 12.7 Å². The van der Waals surface area contributed by atoms with Gasteiger partial charge in [0, 0.05) is 17.2 Å². The molecule has 0 unspecified atom stereocenters.